The Morgan fingerprint density at radius 3 is 2.58 bits per heavy atom. The summed E-state index contributed by atoms with van der Waals surface area (Å²) in [5.74, 6) is 2.90. The van der Waals surface area contributed by atoms with Crippen LogP contribution in [0.3, 0.4) is 0 Å². The van der Waals surface area contributed by atoms with Crippen LogP contribution in [0.4, 0.5) is 0 Å². The van der Waals surface area contributed by atoms with E-state index in [4.69, 9.17) is 4.42 Å². The summed E-state index contributed by atoms with van der Waals surface area (Å²) >= 11 is 0. The van der Waals surface area contributed by atoms with Crippen LogP contribution >= 0.6 is 0 Å². The van der Waals surface area contributed by atoms with Gasteiger partial charge in [0.1, 0.15) is 11.5 Å². The number of fused-ring (bicyclic) bond motifs is 2. The largest absolute Gasteiger partial charge is 0.465 e. The highest BCUT2D eigenvalue weighted by molar-refractivity contribution is 5.09. The maximum absolute atomic E-state index is 5.69. The average Bonchev–Trinajstić information content (AvgIpc) is 2.88. The molecule has 0 spiro atoms. The van der Waals surface area contributed by atoms with Crippen LogP contribution in [0.2, 0.25) is 0 Å². The maximum atomic E-state index is 5.69. The second kappa shape index (κ2) is 5.29. The average molecular weight is 262 g/mol. The lowest BCUT2D eigenvalue weighted by Crippen LogP contribution is -2.42. The van der Waals surface area contributed by atoms with Crippen LogP contribution in [0, 0.1) is 12.8 Å². The topological polar surface area (TPSA) is 28.4 Å². The van der Waals surface area contributed by atoms with E-state index in [1.165, 1.54) is 25.7 Å². The minimum Gasteiger partial charge on any atom is -0.465 e. The number of piperidine rings is 1. The Kier molecular flexibility index (Phi) is 3.68. The van der Waals surface area contributed by atoms with Crippen molar-refractivity contribution in [2.24, 2.45) is 5.92 Å². The fourth-order valence-corrected chi connectivity index (χ4v) is 3.82. The number of nitrogens with one attached hydrogen (secondary N) is 1. The molecule has 1 N–H and O–H groups in total. The zero-order chi connectivity index (χ0) is 13.4. The Hall–Kier alpha value is -0.800. The van der Waals surface area contributed by atoms with Gasteiger partial charge in [-0.1, -0.05) is 0 Å². The van der Waals surface area contributed by atoms with E-state index in [2.05, 4.69) is 30.3 Å². The van der Waals surface area contributed by atoms with Crippen LogP contribution in [-0.4, -0.2) is 30.6 Å². The van der Waals surface area contributed by atoms with Gasteiger partial charge in [-0.3, -0.25) is 0 Å². The Morgan fingerprint density at radius 2 is 2.00 bits per heavy atom. The van der Waals surface area contributed by atoms with Gasteiger partial charge in [0.05, 0.1) is 6.04 Å². The van der Waals surface area contributed by atoms with Crippen molar-refractivity contribution in [3.63, 3.8) is 0 Å². The third-order valence-corrected chi connectivity index (χ3v) is 5.10. The van der Waals surface area contributed by atoms with E-state index in [1.54, 1.807) is 0 Å². The molecule has 2 fully saturated rings. The van der Waals surface area contributed by atoms with Gasteiger partial charge in [-0.2, -0.15) is 0 Å². The van der Waals surface area contributed by atoms with Crippen LogP contribution in [0.1, 0.15) is 50.2 Å². The molecule has 19 heavy (non-hydrogen) atoms. The van der Waals surface area contributed by atoms with Crippen molar-refractivity contribution < 1.29 is 4.42 Å². The molecule has 2 aliphatic rings. The van der Waals surface area contributed by atoms with Gasteiger partial charge in [-0.25, -0.2) is 0 Å². The second-order valence-corrected chi connectivity index (χ2v) is 6.47. The zero-order valence-electron chi connectivity index (χ0n) is 12.4. The predicted molar refractivity (Wildman–Crippen MR) is 77.2 cm³/mol. The molecule has 3 nitrogen and oxygen atoms in total. The third kappa shape index (κ3) is 2.72. The summed E-state index contributed by atoms with van der Waals surface area (Å²) in [6.45, 7) is 5.33. The van der Waals surface area contributed by atoms with Gasteiger partial charge in [0, 0.05) is 12.1 Å². The molecule has 1 aromatic rings. The SMILES string of the molecule is Cc1ccc(C(C)NCC2CC3CCC(C2)N3C)o1. The molecule has 2 saturated heterocycles. The zero-order valence-corrected chi connectivity index (χ0v) is 12.4. The minimum absolute atomic E-state index is 0.325. The summed E-state index contributed by atoms with van der Waals surface area (Å²) in [4.78, 5) is 2.61. The van der Waals surface area contributed by atoms with Gasteiger partial charge in [-0.05, 0) is 71.2 Å². The molecule has 0 radical (unpaired) electrons. The lowest BCUT2D eigenvalue weighted by atomic mass is 9.91. The number of aryl methyl sites for hydroxylation is 1. The summed E-state index contributed by atoms with van der Waals surface area (Å²) in [5, 5.41) is 3.65. The molecule has 106 valence electrons. The smallest absolute Gasteiger partial charge is 0.120 e. The standard InChI is InChI=1S/C16H26N2O/c1-11-4-7-16(19-11)12(2)17-10-13-8-14-5-6-15(9-13)18(14)3/h4,7,12-15,17H,5-6,8-10H2,1-3H3. The number of nitrogens with zero attached hydrogens (tertiary/aromatic N) is 1. The molecule has 3 heterocycles. The molecule has 0 saturated carbocycles. The van der Waals surface area contributed by atoms with Crippen molar-refractivity contribution in [3.05, 3.63) is 23.7 Å². The molecule has 3 heteroatoms. The molecule has 2 bridgehead atoms. The molecule has 1 aromatic heterocycles. The van der Waals surface area contributed by atoms with Gasteiger partial charge in [0.25, 0.3) is 0 Å². The summed E-state index contributed by atoms with van der Waals surface area (Å²) in [7, 11) is 2.31. The Morgan fingerprint density at radius 1 is 1.32 bits per heavy atom. The van der Waals surface area contributed by atoms with Crippen LogP contribution in [-0.2, 0) is 0 Å². The van der Waals surface area contributed by atoms with Crippen LogP contribution in [0.25, 0.3) is 0 Å². The normalized spacial score (nSPS) is 32.7. The first-order chi connectivity index (χ1) is 9.13. The van der Waals surface area contributed by atoms with E-state index >= 15 is 0 Å². The minimum atomic E-state index is 0.325. The molecule has 0 aromatic carbocycles. The van der Waals surface area contributed by atoms with Crippen LogP contribution in [0.15, 0.2) is 16.5 Å². The van der Waals surface area contributed by atoms with Crippen LogP contribution < -0.4 is 5.32 Å². The lowest BCUT2D eigenvalue weighted by Gasteiger charge is -2.36. The Balaban J connectivity index is 1.50. The molecule has 3 atom stereocenters. The summed E-state index contributed by atoms with van der Waals surface area (Å²) < 4.78 is 5.69. The van der Waals surface area contributed by atoms with Crippen molar-refractivity contribution in [3.8, 4) is 0 Å². The summed E-state index contributed by atoms with van der Waals surface area (Å²) in [6, 6.07) is 6.14. The van der Waals surface area contributed by atoms with Crippen molar-refractivity contribution >= 4 is 0 Å². The van der Waals surface area contributed by atoms with Gasteiger partial charge in [0.15, 0.2) is 0 Å². The predicted octanol–water partition coefficient (Wildman–Crippen LogP) is 3.11. The first kappa shape index (κ1) is 13.2. The number of hydrogen-bond acceptors (Lipinski definition) is 3. The van der Waals surface area contributed by atoms with Crippen molar-refractivity contribution in [1.82, 2.24) is 10.2 Å². The quantitative estimate of drug-likeness (QED) is 0.903. The second-order valence-electron chi connectivity index (χ2n) is 6.47. The van der Waals surface area contributed by atoms with Crippen molar-refractivity contribution in [2.45, 2.75) is 57.7 Å². The van der Waals surface area contributed by atoms with E-state index in [0.29, 0.717) is 6.04 Å². The molecule has 0 aliphatic carbocycles. The van der Waals surface area contributed by atoms with E-state index in [9.17, 15) is 0 Å². The van der Waals surface area contributed by atoms with E-state index in [0.717, 1.165) is 36.1 Å². The monoisotopic (exact) mass is 262 g/mol. The van der Waals surface area contributed by atoms with Crippen molar-refractivity contribution in [1.29, 1.82) is 0 Å². The van der Waals surface area contributed by atoms with Gasteiger partial charge >= 0.3 is 0 Å². The van der Waals surface area contributed by atoms with Gasteiger partial charge in [-0.15, -0.1) is 0 Å². The van der Waals surface area contributed by atoms with E-state index in [-0.39, 0.29) is 0 Å². The van der Waals surface area contributed by atoms with Gasteiger partial charge in [0.2, 0.25) is 0 Å². The lowest BCUT2D eigenvalue weighted by molar-refractivity contribution is 0.131. The van der Waals surface area contributed by atoms with Crippen LogP contribution in [0.5, 0.6) is 0 Å². The first-order valence-electron chi connectivity index (χ1n) is 7.65. The number of rotatable bonds is 4. The molecule has 3 unspecified atom stereocenters. The first-order valence-corrected chi connectivity index (χ1v) is 7.65. The highest BCUT2D eigenvalue weighted by Gasteiger charge is 2.38. The molecule has 2 aliphatic heterocycles. The number of furan rings is 1. The van der Waals surface area contributed by atoms with E-state index < -0.39 is 0 Å². The molecule has 3 rings (SSSR count). The molecule has 0 amide bonds. The van der Waals surface area contributed by atoms with Crippen molar-refractivity contribution in [2.75, 3.05) is 13.6 Å². The maximum Gasteiger partial charge on any atom is 0.120 e. The highest BCUT2D eigenvalue weighted by atomic mass is 16.3. The summed E-state index contributed by atoms with van der Waals surface area (Å²) in [5.41, 5.74) is 0. The fraction of sp³-hybridized carbons (Fsp3) is 0.750. The third-order valence-electron chi connectivity index (χ3n) is 5.10. The Bertz CT molecular complexity index is 414. The Labute approximate surface area is 116 Å². The highest BCUT2D eigenvalue weighted by Crippen LogP contribution is 2.37. The molecular formula is C16H26N2O. The molecular weight excluding hydrogens is 236 g/mol. The fourth-order valence-electron chi connectivity index (χ4n) is 3.82. The number of hydrogen-bond donors (Lipinski definition) is 1. The van der Waals surface area contributed by atoms with E-state index in [1.807, 2.05) is 13.0 Å². The summed E-state index contributed by atoms with van der Waals surface area (Å²) in [6.07, 6.45) is 5.54. The van der Waals surface area contributed by atoms with Gasteiger partial charge < -0.3 is 14.6 Å².